The second-order valence-electron chi connectivity index (χ2n) is 3.41. The highest BCUT2D eigenvalue weighted by molar-refractivity contribution is 4.91. The Hall–Kier alpha value is -0.780. The second-order valence-corrected chi connectivity index (χ2v) is 3.41. The molecule has 0 N–H and O–H groups in total. The molecule has 0 fully saturated rings. The van der Waals surface area contributed by atoms with Crippen LogP contribution in [0.1, 0.15) is 44.9 Å². The van der Waals surface area contributed by atoms with Crippen LogP contribution in [0.3, 0.4) is 0 Å². The normalized spacial score (nSPS) is 20.3. The minimum absolute atomic E-state index is 1.06. The van der Waals surface area contributed by atoms with Crippen molar-refractivity contribution in [2.24, 2.45) is 0 Å². The lowest BCUT2D eigenvalue weighted by atomic mass is 10.2. The van der Waals surface area contributed by atoms with E-state index in [1.807, 2.05) is 0 Å². The summed E-state index contributed by atoms with van der Waals surface area (Å²) in [7, 11) is 0. The topological polar surface area (TPSA) is 0 Å². The van der Waals surface area contributed by atoms with Crippen LogP contribution in [0, 0.1) is 6.08 Å². The summed E-state index contributed by atoms with van der Waals surface area (Å²) in [5, 5.41) is 0. The van der Waals surface area contributed by atoms with Gasteiger partial charge in [-0.05, 0) is 51.0 Å². The Morgan fingerprint density at radius 3 is 2.31 bits per heavy atom. The van der Waals surface area contributed by atoms with E-state index in [0.29, 0.717) is 0 Å². The molecule has 0 spiro atoms. The Morgan fingerprint density at radius 1 is 0.769 bits per heavy atom. The first kappa shape index (κ1) is 10.3. The smallest absolute Gasteiger partial charge is 0.0163 e. The molecule has 13 heavy (non-hydrogen) atoms. The first-order valence-electron chi connectivity index (χ1n) is 5.35. The Morgan fingerprint density at radius 2 is 1.46 bits per heavy atom. The summed E-state index contributed by atoms with van der Waals surface area (Å²) < 4.78 is 0. The molecule has 71 valence electrons. The third-order valence-corrected chi connectivity index (χ3v) is 2.17. The number of hydrogen-bond donors (Lipinski definition) is 0. The molecular weight excluding hydrogens is 156 g/mol. The molecule has 0 nitrogen and oxygen atoms in total. The Bertz CT molecular complexity index is 164. The average molecular weight is 175 g/mol. The van der Waals surface area contributed by atoms with Gasteiger partial charge in [-0.25, -0.2) is 0 Å². The Kier molecular flexibility index (Phi) is 6.22. The Balaban J connectivity index is 2.27. The molecule has 0 amide bonds. The zero-order chi connectivity index (χ0) is 9.19. The molecule has 1 radical (unpaired) electrons. The fourth-order valence-electron chi connectivity index (χ4n) is 1.38. The van der Waals surface area contributed by atoms with Crippen molar-refractivity contribution in [2.45, 2.75) is 44.9 Å². The lowest BCUT2D eigenvalue weighted by Crippen LogP contribution is -1.70. The van der Waals surface area contributed by atoms with Crippen LogP contribution >= 0.6 is 0 Å². The van der Waals surface area contributed by atoms with Gasteiger partial charge >= 0.3 is 0 Å². The van der Waals surface area contributed by atoms with Crippen molar-refractivity contribution in [1.29, 1.82) is 0 Å². The SMILES string of the molecule is [C]1=CCC=CCCCC=CCCC1. The van der Waals surface area contributed by atoms with Crippen LogP contribution in [0.5, 0.6) is 0 Å². The van der Waals surface area contributed by atoms with E-state index in [2.05, 4.69) is 36.5 Å². The minimum Gasteiger partial charge on any atom is -0.0885 e. The van der Waals surface area contributed by atoms with Gasteiger partial charge in [-0.15, -0.1) is 0 Å². The molecule has 0 aromatic carbocycles. The molecule has 0 aromatic rings. The summed E-state index contributed by atoms with van der Waals surface area (Å²) in [6.45, 7) is 0. The molecule has 0 saturated carbocycles. The predicted molar refractivity (Wildman–Crippen MR) is 58.4 cm³/mol. The van der Waals surface area contributed by atoms with Gasteiger partial charge in [0.05, 0.1) is 0 Å². The standard InChI is InChI=1S/C13H19/c1-2-4-6-8-10-12-13-11-9-7-5-3-1/h1-2,5,10,12H,3-4,6,8-9,11,13H2. The first-order valence-corrected chi connectivity index (χ1v) is 5.35. The highest BCUT2D eigenvalue weighted by Crippen LogP contribution is 2.04. The lowest BCUT2D eigenvalue weighted by Gasteiger charge is -1.90. The van der Waals surface area contributed by atoms with Gasteiger partial charge in [-0.1, -0.05) is 30.4 Å². The summed E-state index contributed by atoms with van der Waals surface area (Å²) >= 11 is 0. The maximum Gasteiger partial charge on any atom is -0.0163 e. The second kappa shape index (κ2) is 7.85. The van der Waals surface area contributed by atoms with Crippen LogP contribution < -0.4 is 0 Å². The number of allylic oxidation sites excluding steroid dienone is 6. The van der Waals surface area contributed by atoms with E-state index in [9.17, 15) is 0 Å². The molecule has 0 atom stereocenters. The minimum atomic E-state index is 1.06. The largest absolute Gasteiger partial charge is 0.0885 e. The molecule has 0 heterocycles. The molecule has 0 heteroatoms. The van der Waals surface area contributed by atoms with Crippen LogP contribution in [-0.4, -0.2) is 0 Å². The maximum atomic E-state index is 3.31. The van der Waals surface area contributed by atoms with Crippen molar-refractivity contribution in [2.75, 3.05) is 0 Å². The van der Waals surface area contributed by atoms with Crippen molar-refractivity contribution in [3.63, 3.8) is 0 Å². The molecule has 1 aliphatic carbocycles. The monoisotopic (exact) mass is 175 g/mol. The summed E-state index contributed by atoms with van der Waals surface area (Å²) in [6, 6.07) is 0. The molecule has 1 rings (SSSR count). The molecule has 1 aliphatic rings. The van der Waals surface area contributed by atoms with Crippen molar-refractivity contribution >= 4 is 0 Å². The zero-order valence-electron chi connectivity index (χ0n) is 8.34. The summed E-state index contributed by atoms with van der Waals surface area (Å²) in [5.41, 5.74) is 0. The predicted octanol–water partition coefficient (Wildman–Crippen LogP) is 4.20. The third kappa shape index (κ3) is 6.39. The number of rotatable bonds is 0. The Labute approximate surface area is 82.0 Å². The van der Waals surface area contributed by atoms with Gasteiger partial charge in [0.1, 0.15) is 0 Å². The zero-order valence-corrected chi connectivity index (χ0v) is 8.34. The van der Waals surface area contributed by atoms with E-state index >= 15 is 0 Å². The molecule has 0 aromatic heterocycles. The molecular formula is C13H19. The fraction of sp³-hybridized carbons (Fsp3) is 0.538. The van der Waals surface area contributed by atoms with Gasteiger partial charge < -0.3 is 0 Å². The van der Waals surface area contributed by atoms with E-state index in [1.165, 1.54) is 32.1 Å². The van der Waals surface area contributed by atoms with E-state index in [0.717, 1.165) is 12.8 Å². The van der Waals surface area contributed by atoms with Gasteiger partial charge in [0.15, 0.2) is 0 Å². The molecule has 0 bridgehead atoms. The van der Waals surface area contributed by atoms with Crippen LogP contribution in [0.25, 0.3) is 0 Å². The molecule has 0 saturated heterocycles. The van der Waals surface area contributed by atoms with Gasteiger partial charge in [-0.2, -0.15) is 0 Å². The highest BCUT2D eigenvalue weighted by atomic mass is 13.9. The summed E-state index contributed by atoms with van der Waals surface area (Å²) in [4.78, 5) is 0. The van der Waals surface area contributed by atoms with Gasteiger partial charge in [-0.3, -0.25) is 0 Å². The molecule has 0 unspecified atom stereocenters. The van der Waals surface area contributed by atoms with Crippen LogP contribution in [0.2, 0.25) is 0 Å². The van der Waals surface area contributed by atoms with Crippen LogP contribution in [-0.2, 0) is 0 Å². The van der Waals surface area contributed by atoms with E-state index in [1.54, 1.807) is 0 Å². The molecule has 0 aliphatic heterocycles. The van der Waals surface area contributed by atoms with Gasteiger partial charge in [0.2, 0.25) is 0 Å². The summed E-state index contributed by atoms with van der Waals surface area (Å²) in [5.74, 6) is 0. The van der Waals surface area contributed by atoms with Crippen molar-refractivity contribution in [1.82, 2.24) is 0 Å². The average Bonchev–Trinajstić information content (AvgIpc) is 2.18. The summed E-state index contributed by atoms with van der Waals surface area (Å²) in [6.07, 6.45) is 23.0. The number of hydrogen-bond acceptors (Lipinski definition) is 0. The highest BCUT2D eigenvalue weighted by Gasteiger charge is 1.84. The van der Waals surface area contributed by atoms with Crippen molar-refractivity contribution in [3.8, 4) is 0 Å². The third-order valence-electron chi connectivity index (χ3n) is 2.17. The van der Waals surface area contributed by atoms with E-state index < -0.39 is 0 Å². The van der Waals surface area contributed by atoms with Crippen LogP contribution in [0.15, 0.2) is 30.4 Å². The van der Waals surface area contributed by atoms with E-state index in [-0.39, 0.29) is 0 Å². The maximum absolute atomic E-state index is 3.31. The lowest BCUT2D eigenvalue weighted by molar-refractivity contribution is 0.835. The first-order chi connectivity index (χ1) is 6.50. The van der Waals surface area contributed by atoms with Crippen molar-refractivity contribution in [3.05, 3.63) is 36.5 Å². The van der Waals surface area contributed by atoms with E-state index in [4.69, 9.17) is 0 Å². The van der Waals surface area contributed by atoms with Gasteiger partial charge in [0, 0.05) is 0 Å². The van der Waals surface area contributed by atoms with Crippen LogP contribution in [0.4, 0.5) is 0 Å². The fourth-order valence-corrected chi connectivity index (χ4v) is 1.38. The van der Waals surface area contributed by atoms with Gasteiger partial charge in [0.25, 0.3) is 0 Å². The van der Waals surface area contributed by atoms with Crippen molar-refractivity contribution < 1.29 is 0 Å². The quantitative estimate of drug-likeness (QED) is 0.484.